The summed E-state index contributed by atoms with van der Waals surface area (Å²) in [5, 5.41) is 12.5. The van der Waals surface area contributed by atoms with E-state index in [-0.39, 0.29) is 13.1 Å². The zero-order valence-electron chi connectivity index (χ0n) is 9.86. The van der Waals surface area contributed by atoms with E-state index in [0.717, 1.165) is 5.56 Å². The van der Waals surface area contributed by atoms with Gasteiger partial charge >= 0.3 is 6.03 Å². The number of benzene rings is 1. The standard InChI is InChI=1S/C12H14ClFN2O2/c1-7-8(13)3-2-4-10(7)15-12(18)16-5-9(14)11(17)6-16/h2-4,9,11,17H,5-6H2,1H3,(H,15,18)/t9-,11-/m1/s1. The van der Waals surface area contributed by atoms with Crippen LogP contribution in [-0.4, -0.2) is 41.4 Å². The Morgan fingerprint density at radius 3 is 2.89 bits per heavy atom. The van der Waals surface area contributed by atoms with Crippen molar-refractivity contribution in [3.05, 3.63) is 28.8 Å². The van der Waals surface area contributed by atoms with Crippen molar-refractivity contribution < 1.29 is 14.3 Å². The highest BCUT2D eigenvalue weighted by Crippen LogP contribution is 2.24. The number of rotatable bonds is 1. The molecule has 18 heavy (non-hydrogen) atoms. The van der Waals surface area contributed by atoms with Crippen LogP contribution < -0.4 is 5.32 Å². The van der Waals surface area contributed by atoms with Crippen LogP contribution in [0.2, 0.25) is 5.02 Å². The smallest absolute Gasteiger partial charge is 0.322 e. The fraction of sp³-hybridized carbons (Fsp3) is 0.417. The third-order valence-electron chi connectivity index (χ3n) is 3.02. The van der Waals surface area contributed by atoms with E-state index in [1.54, 1.807) is 25.1 Å². The maximum Gasteiger partial charge on any atom is 0.322 e. The maximum absolute atomic E-state index is 13.1. The van der Waals surface area contributed by atoms with Crippen molar-refractivity contribution in [2.45, 2.75) is 19.2 Å². The van der Waals surface area contributed by atoms with Crippen molar-refractivity contribution in [1.29, 1.82) is 0 Å². The lowest BCUT2D eigenvalue weighted by molar-refractivity contribution is 0.116. The van der Waals surface area contributed by atoms with Crippen molar-refractivity contribution >= 4 is 23.3 Å². The molecule has 0 aliphatic carbocycles. The molecule has 2 N–H and O–H groups in total. The fourth-order valence-electron chi connectivity index (χ4n) is 1.85. The van der Waals surface area contributed by atoms with E-state index in [4.69, 9.17) is 11.6 Å². The molecule has 0 radical (unpaired) electrons. The molecule has 4 nitrogen and oxygen atoms in total. The third kappa shape index (κ3) is 2.57. The zero-order chi connectivity index (χ0) is 13.3. The third-order valence-corrected chi connectivity index (χ3v) is 3.43. The van der Waals surface area contributed by atoms with Gasteiger partial charge in [-0.2, -0.15) is 0 Å². The summed E-state index contributed by atoms with van der Waals surface area (Å²) >= 11 is 5.94. The van der Waals surface area contributed by atoms with Gasteiger partial charge < -0.3 is 15.3 Å². The number of aliphatic hydroxyl groups excluding tert-OH is 1. The van der Waals surface area contributed by atoms with Gasteiger partial charge in [0.15, 0.2) is 0 Å². The average molecular weight is 273 g/mol. The molecule has 1 heterocycles. The first-order valence-corrected chi connectivity index (χ1v) is 6.00. The first-order chi connectivity index (χ1) is 8.49. The summed E-state index contributed by atoms with van der Waals surface area (Å²) in [6.45, 7) is 1.70. The molecule has 0 saturated carbocycles. The number of anilines is 1. The van der Waals surface area contributed by atoms with Crippen molar-refractivity contribution in [2.24, 2.45) is 0 Å². The monoisotopic (exact) mass is 272 g/mol. The molecule has 1 aromatic rings. The number of hydrogen-bond acceptors (Lipinski definition) is 2. The molecule has 2 atom stereocenters. The van der Waals surface area contributed by atoms with Crippen molar-refractivity contribution in [3.8, 4) is 0 Å². The lowest BCUT2D eigenvalue weighted by Gasteiger charge is -2.17. The molecule has 0 aromatic heterocycles. The van der Waals surface area contributed by atoms with Gasteiger partial charge in [0.25, 0.3) is 0 Å². The Morgan fingerprint density at radius 2 is 2.28 bits per heavy atom. The molecule has 2 amide bonds. The highest BCUT2D eigenvalue weighted by molar-refractivity contribution is 6.31. The van der Waals surface area contributed by atoms with Gasteiger partial charge in [0.1, 0.15) is 12.3 Å². The van der Waals surface area contributed by atoms with E-state index >= 15 is 0 Å². The second kappa shape index (κ2) is 5.12. The summed E-state index contributed by atoms with van der Waals surface area (Å²) in [6, 6.07) is 4.74. The van der Waals surface area contributed by atoms with E-state index in [9.17, 15) is 14.3 Å². The van der Waals surface area contributed by atoms with Crippen LogP contribution in [-0.2, 0) is 0 Å². The summed E-state index contributed by atoms with van der Waals surface area (Å²) in [5.74, 6) is 0. The van der Waals surface area contributed by atoms with Gasteiger partial charge in [0.05, 0.1) is 13.1 Å². The number of aliphatic hydroxyl groups is 1. The number of carbonyl (C=O) groups excluding carboxylic acids is 1. The van der Waals surface area contributed by atoms with Crippen molar-refractivity contribution in [1.82, 2.24) is 4.90 Å². The Bertz CT molecular complexity index is 459. The molecule has 1 aliphatic heterocycles. The van der Waals surface area contributed by atoms with Gasteiger partial charge in [0, 0.05) is 10.7 Å². The van der Waals surface area contributed by atoms with Gasteiger partial charge in [-0.25, -0.2) is 9.18 Å². The minimum absolute atomic E-state index is 0.00656. The highest BCUT2D eigenvalue weighted by atomic mass is 35.5. The predicted octanol–water partition coefficient (Wildman–Crippen LogP) is 2.19. The van der Waals surface area contributed by atoms with E-state index in [2.05, 4.69) is 5.32 Å². The number of alkyl halides is 1. The predicted molar refractivity (Wildman–Crippen MR) is 67.7 cm³/mol. The number of nitrogens with one attached hydrogen (secondary N) is 1. The van der Waals surface area contributed by atoms with Gasteiger partial charge in [-0.3, -0.25) is 0 Å². The molecule has 1 aliphatic rings. The number of halogens is 2. The second-order valence-corrected chi connectivity index (χ2v) is 4.74. The molecule has 0 bridgehead atoms. The summed E-state index contributed by atoms with van der Waals surface area (Å²) in [5.41, 5.74) is 1.34. The molecular formula is C12H14ClFN2O2. The zero-order valence-corrected chi connectivity index (χ0v) is 10.6. The first kappa shape index (κ1) is 13.1. The minimum Gasteiger partial charge on any atom is -0.388 e. The number of nitrogens with zero attached hydrogens (tertiary/aromatic N) is 1. The number of urea groups is 1. The quantitative estimate of drug-likeness (QED) is 0.823. The van der Waals surface area contributed by atoms with Gasteiger partial charge in [-0.05, 0) is 24.6 Å². The van der Waals surface area contributed by atoms with Gasteiger partial charge in [0.2, 0.25) is 0 Å². The fourth-order valence-corrected chi connectivity index (χ4v) is 2.02. The Hall–Kier alpha value is -1.33. The molecule has 98 valence electrons. The normalized spacial score (nSPS) is 23.2. The lowest BCUT2D eigenvalue weighted by Crippen LogP contribution is -2.34. The molecule has 6 heteroatoms. The molecule has 0 spiro atoms. The minimum atomic E-state index is -1.38. The summed E-state index contributed by atoms with van der Waals surface area (Å²) < 4.78 is 13.1. The largest absolute Gasteiger partial charge is 0.388 e. The molecule has 0 unspecified atom stereocenters. The first-order valence-electron chi connectivity index (χ1n) is 5.62. The summed E-state index contributed by atoms with van der Waals surface area (Å²) in [4.78, 5) is 13.1. The Kier molecular flexibility index (Phi) is 3.73. The van der Waals surface area contributed by atoms with E-state index in [0.29, 0.717) is 10.7 Å². The van der Waals surface area contributed by atoms with E-state index < -0.39 is 18.3 Å². The van der Waals surface area contributed by atoms with Gasteiger partial charge in [-0.1, -0.05) is 17.7 Å². The molecular weight excluding hydrogens is 259 g/mol. The topological polar surface area (TPSA) is 52.6 Å². The Morgan fingerprint density at radius 1 is 1.56 bits per heavy atom. The van der Waals surface area contributed by atoms with Crippen LogP contribution in [0.3, 0.4) is 0 Å². The number of carbonyl (C=O) groups is 1. The van der Waals surface area contributed by atoms with E-state index in [1.807, 2.05) is 0 Å². The average Bonchev–Trinajstić information content (AvgIpc) is 2.66. The van der Waals surface area contributed by atoms with Crippen molar-refractivity contribution in [3.63, 3.8) is 0 Å². The van der Waals surface area contributed by atoms with Crippen LogP contribution in [0.4, 0.5) is 14.9 Å². The summed E-state index contributed by atoms with van der Waals surface area (Å²) in [6.07, 6.45) is -2.48. The number of amides is 2. The Labute approximate surface area is 109 Å². The van der Waals surface area contributed by atoms with Crippen LogP contribution in [0.15, 0.2) is 18.2 Å². The highest BCUT2D eigenvalue weighted by Gasteiger charge is 2.34. The van der Waals surface area contributed by atoms with Crippen LogP contribution in [0.25, 0.3) is 0 Å². The SMILES string of the molecule is Cc1c(Cl)cccc1NC(=O)N1C[C@@H](O)[C@H](F)C1. The van der Waals surface area contributed by atoms with E-state index in [1.165, 1.54) is 4.90 Å². The van der Waals surface area contributed by atoms with Crippen LogP contribution >= 0.6 is 11.6 Å². The summed E-state index contributed by atoms with van der Waals surface area (Å²) in [7, 11) is 0. The van der Waals surface area contributed by atoms with Crippen molar-refractivity contribution in [2.75, 3.05) is 18.4 Å². The molecule has 1 fully saturated rings. The van der Waals surface area contributed by atoms with Gasteiger partial charge in [-0.15, -0.1) is 0 Å². The number of likely N-dealkylation sites (tertiary alicyclic amines) is 1. The molecule has 1 aromatic carbocycles. The molecule has 2 rings (SSSR count). The second-order valence-electron chi connectivity index (χ2n) is 4.33. The van der Waals surface area contributed by atoms with Crippen LogP contribution in [0, 0.1) is 6.92 Å². The van der Waals surface area contributed by atoms with Crippen LogP contribution in [0.5, 0.6) is 0 Å². The van der Waals surface area contributed by atoms with Crippen LogP contribution in [0.1, 0.15) is 5.56 Å². The Balaban J connectivity index is 2.06. The lowest BCUT2D eigenvalue weighted by atomic mass is 10.2. The maximum atomic E-state index is 13.1. The number of β-amino-alcohol motifs (C(OH)–C–C–N with tert-alkyl or cyclic N) is 1. The molecule has 1 saturated heterocycles. The number of hydrogen-bond donors (Lipinski definition) is 2.